The molecule has 1 aliphatic heterocycles. The van der Waals surface area contributed by atoms with Gasteiger partial charge in [-0.25, -0.2) is 9.69 Å². The minimum Gasteiger partial charge on any atom is -0.457 e. The zero-order chi connectivity index (χ0) is 29.3. The number of amides is 4. The van der Waals surface area contributed by atoms with E-state index in [9.17, 15) is 24.5 Å². The van der Waals surface area contributed by atoms with Crippen molar-refractivity contribution < 1.29 is 23.7 Å². The molecule has 42 heavy (non-hydrogen) atoms. The topological polar surface area (TPSA) is 123 Å². The van der Waals surface area contributed by atoms with E-state index < -0.39 is 22.8 Å². The molecular weight excluding hydrogens is 581 g/mol. The fourth-order valence-electron chi connectivity index (χ4n) is 7.90. The molecule has 0 radical (unpaired) electrons. The first-order valence-electron chi connectivity index (χ1n) is 13.9. The number of hydrogen-bond acceptors (Lipinski definition) is 6. The molecule has 5 aliphatic rings. The van der Waals surface area contributed by atoms with Gasteiger partial charge in [-0.2, -0.15) is 0 Å². The van der Waals surface area contributed by atoms with Crippen LogP contribution in [0, 0.1) is 27.9 Å². The van der Waals surface area contributed by atoms with E-state index in [1.165, 1.54) is 74.4 Å². The van der Waals surface area contributed by atoms with Gasteiger partial charge in [-0.05, 0) is 104 Å². The number of carbonyl (C=O) groups is 3. The maximum Gasteiger partial charge on any atom is 0.335 e. The van der Waals surface area contributed by atoms with E-state index in [4.69, 9.17) is 27.6 Å². The van der Waals surface area contributed by atoms with Crippen molar-refractivity contribution in [2.45, 2.75) is 43.9 Å². The SMILES string of the molecule is O=C1NC(=O)N(c2ccc(C34CC5CC(CC(C5)C3)C4)cc2)C(=O)/C1=C/c1ccc(-c2cc([N+](=O)[O-])c(Cl)cc2Cl)o1. The number of urea groups is 1. The molecule has 3 aromatic rings. The zero-order valence-corrected chi connectivity index (χ0v) is 23.8. The highest BCUT2D eigenvalue weighted by molar-refractivity contribution is 6.39. The highest BCUT2D eigenvalue weighted by atomic mass is 35.5. The standard InChI is InChI=1S/C31H25Cl2N3O6/c32-24-12-25(33)26(36(40)41)11-22(24)27-6-5-21(42-27)10-23-28(37)34-30(39)35(29(23)38)20-3-1-19(2-4-20)31-13-16-7-17(14-31)9-18(8-16)15-31/h1-6,10-12,16-18H,7-9,13-15H2,(H,34,37,39)/b23-10+. The zero-order valence-electron chi connectivity index (χ0n) is 22.3. The van der Waals surface area contributed by atoms with Gasteiger partial charge in [0.05, 0.1) is 15.6 Å². The number of hydrogen-bond donors (Lipinski definition) is 1. The van der Waals surface area contributed by atoms with Crippen LogP contribution >= 0.6 is 23.2 Å². The molecule has 0 unspecified atom stereocenters. The second-order valence-electron chi connectivity index (χ2n) is 11.9. The Labute approximate surface area is 250 Å². The predicted octanol–water partition coefficient (Wildman–Crippen LogP) is 7.30. The first-order chi connectivity index (χ1) is 20.1. The van der Waals surface area contributed by atoms with Gasteiger partial charge in [-0.3, -0.25) is 25.0 Å². The Morgan fingerprint density at radius 2 is 1.57 bits per heavy atom. The molecule has 0 spiro atoms. The van der Waals surface area contributed by atoms with Crippen molar-refractivity contribution in [2.75, 3.05) is 4.90 Å². The molecular formula is C31H25Cl2N3O6. The molecule has 8 rings (SSSR count). The Bertz CT molecular complexity index is 1670. The van der Waals surface area contributed by atoms with Crippen LogP contribution in [0.3, 0.4) is 0 Å². The van der Waals surface area contributed by atoms with Crippen LogP contribution in [0.2, 0.25) is 10.0 Å². The summed E-state index contributed by atoms with van der Waals surface area (Å²) < 4.78 is 5.76. The van der Waals surface area contributed by atoms with Crippen LogP contribution in [0.1, 0.15) is 49.8 Å². The van der Waals surface area contributed by atoms with Gasteiger partial charge < -0.3 is 4.42 Å². The number of anilines is 1. The third-order valence-corrected chi connectivity index (χ3v) is 9.91. The molecule has 1 saturated heterocycles. The molecule has 2 heterocycles. The fourth-order valence-corrected chi connectivity index (χ4v) is 8.45. The van der Waals surface area contributed by atoms with Crippen LogP contribution in [0.15, 0.2) is 58.5 Å². The summed E-state index contributed by atoms with van der Waals surface area (Å²) in [7, 11) is 0. The van der Waals surface area contributed by atoms with Gasteiger partial charge in [0, 0.05) is 11.6 Å². The average molecular weight is 606 g/mol. The lowest BCUT2D eigenvalue weighted by Crippen LogP contribution is -2.54. The molecule has 9 nitrogen and oxygen atoms in total. The third kappa shape index (κ3) is 4.42. The van der Waals surface area contributed by atoms with E-state index in [-0.39, 0.29) is 43.8 Å². The molecule has 4 amide bonds. The lowest BCUT2D eigenvalue weighted by Gasteiger charge is -2.57. The number of imide groups is 2. The second kappa shape index (κ2) is 9.81. The number of halogens is 2. The van der Waals surface area contributed by atoms with E-state index in [0.717, 1.165) is 22.7 Å². The number of nitro benzene ring substituents is 1. The smallest absolute Gasteiger partial charge is 0.335 e. The van der Waals surface area contributed by atoms with Crippen molar-refractivity contribution >= 4 is 58.5 Å². The summed E-state index contributed by atoms with van der Waals surface area (Å²) in [5.74, 6) is 1.01. The molecule has 4 bridgehead atoms. The van der Waals surface area contributed by atoms with Crippen LogP contribution in [0.25, 0.3) is 17.4 Å². The summed E-state index contributed by atoms with van der Waals surface area (Å²) in [6.45, 7) is 0. The van der Waals surface area contributed by atoms with Crippen LogP contribution in [-0.4, -0.2) is 22.8 Å². The van der Waals surface area contributed by atoms with Crippen molar-refractivity contribution in [2.24, 2.45) is 17.8 Å². The Balaban J connectivity index is 1.16. The summed E-state index contributed by atoms with van der Waals surface area (Å²) in [5, 5.41) is 13.5. The lowest BCUT2D eigenvalue weighted by atomic mass is 9.48. The van der Waals surface area contributed by atoms with Crippen molar-refractivity contribution in [3.63, 3.8) is 0 Å². The van der Waals surface area contributed by atoms with Gasteiger partial charge >= 0.3 is 6.03 Å². The molecule has 1 aromatic heterocycles. The second-order valence-corrected chi connectivity index (χ2v) is 12.8. The highest BCUT2D eigenvalue weighted by Gasteiger charge is 2.51. The highest BCUT2D eigenvalue weighted by Crippen LogP contribution is 2.60. The van der Waals surface area contributed by atoms with E-state index >= 15 is 0 Å². The van der Waals surface area contributed by atoms with E-state index in [1.807, 2.05) is 12.1 Å². The largest absolute Gasteiger partial charge is 0.457 e. The number of nitro groups is 1. The van der Waals surface area contributed by atoms with Gasteiger partial charge in [0.1, 0.15) is 22.1 Å². The fraction of sp³-hybridized carbons (Fsp3) is 0.323. The van der Waals surface area contributed by atoms with Gasteiger partial charge in [0.25, 0.3) is 17.5 Å². The minimum atomic E-state index is -0.857. The first kappa shape index (κ1) is 26.9. The Morgan fingerprint density at radius 1 is 0.929 bits per heavy atom. The molecule has 11 heteroatoms. The number of benzene rings is 2. The van der Waals surface area contributed by atoms with Crippen LogP contribution in [0.5, 0.6) is 0 Å². The number of rotatable bonds is 5. The molecule has 4 saturated carbocycles. The summed E-state index contributed by atoms with van der Waals surface area (Å²) in [5.41, 5.74) is 1.36. The summed E-state index contributed by atoms with van der Waals surface area (Å²) in [4.78, 5) is 50.6. The molecule has 5 fully saturated rings. The average Bonchev–Trinajstić information content (AvgIpc) is 3.39. The molecule has 1 N–H and O–H groups in total. The summed E-state index contributed by atoms with van der Waals surface area (Å²) in [6.07, 6.45) is 8.84. The van der Waals surface area contributed by atoms with Crippen molar-refractivity contribution in [1.29, 1.82) is 0 Å². The Morgan fingerprint density at radius 3 is 2.19 bits per heavy atom. The number of furan rings is 1. The molecule has 214 valence electrons. The van der Waals surface area contributed by atoms with Crippen molar-refractivity contribution in [3.8, 4) is 11.3 Å². The lowest BCUT2D eigenvalue weighted by molar-refractivity contribution is -0.384. The van der Waals surface area contributed by atoms with Crippen molar-refractivity contribution in [3.05, 3.63) is 85.6 Å². The van der Waals surface area contributed by atoms with Gasteiger partial charge in [-0.1, -0.05) is 35.3 Å². The number of barbiturate groups is 1. The van der Waals surface area contributed by atoms with Gasteiger partial charge in [0.15, 0.2) is 0 Å². The molecule has 0 atom stereocenters. The quantitative estimate of drug-likeness (QED) is 0.141. The maximum absolute atomic E-state index is 13.5. The summed E-state index contributed by atoms with van der Waals surface area (Å²) in [6, 6.07) is 12.2. The maximum atomic E-state index is 13.5. The van der Waals surface area contributed by atoms with E-state index in [1.54, 1.807) is 12.1 Å². The monoisotopic (exact) mass is 605 g/mol. The Kier molecular flexibility index (Phi) is 6.29. The van der Waals surface area contributed by atoms with Crippen molar-refractivity contribution in [1.82, 2.24) is 5.32 Å². The molecule has 2 aromatic carbocycles. The van der Waals surface area contributed by atoms with Crippen LogP contribution in [-0.2, 0) is 15.0 Å². The van der Waals surface area contributed by atoms with Crippen LogP contribution < -0.4 is 10.2 Å². The van der Waals surface area contributed by atoms with Gasteiger partial charge in [-0.15, -0.1) is 0 Å². The third-order valence-electron chi connectivity index (χ3n) is 9.29. The normalized spacial score (nSPS) is 27.6. The van der Waals surface area contributed by atoms with Gasteiger partial charge in [0.2, 0.25) is 0 Å². The van der Waals surface area contributed by atoms with E-state index in [2.05, 4.69) is 5.32 Å². The number of carbonyl (C=O) groups excluding carboxylic acids is 3. The van der Waals surface area contributed by atoms with Crippen LogP contribution in [0.4, 0.5) is 16.2 Å². The minimum absolute atomic E-state index is 0.114. The van der Waals surface area contributed by atoms with E-state index in [0.29, 0.717) is 5.69 Å². The number of nitrogens with zero attached hydrogens (tertiary/aromatic N) is 2. The molecule has 4 aliphatic carbocycles. The summed E-state index contributed by atoms with van der Waals surface area (Å²) >= 11 is 12.2. The Hall–Kier alpha value is -3.95. The number of nitrogens with one attached hydrogen (secondary N) is 1. The first-order valence-corrected chi connectivity index (χ1v) is 14.6. The predicted molar refractivity (Wildman–Crippen MR) is 156 cm³/mol.